The second-order valence-electron chi connectivity index (χ2n) is 6.92. The van der Waals surface area contributed by atoms with Crippen molar-refractivity contribution in [2.75, 3.05) is 19.5 Å². The number of esters is 1. The van der Waals surface area contributed by atoms with Crippen LogP contribution in [0, 0.1) is 0 Å². The van der Waals surface area contributed by atoms with Gasteiger partial charge in [0.05, 0.1) is 49.3 Å². The van der Waals surface area contributed by atoms with E-state index in [2.05, 4.69) is 21.5 Å². The Hall–Kier alpha value is -3.45. The number of methoxy groups -OCH3 is 1. The second kappa shape index (κ2) is 7.89. The number of ether oxygens (including phenoxy) is 2. The van der Waals surface area contributed by atoms with Gasteiger partial charge in [0.1, 0.15) is 5.52 Å². The zero-order valence-electron chi connectivity index (χ0n) is 16.3. The van der Waals surface area contributed by atoms with Crippen molar-refractivity contribution in [1.82, 2.24) is 14.5 Å². The molecule has 4 aromatic rings. The molecule has 0 radical (unpaired) electrons. The SMILES string of the molecule is COC(=O)c1ccc(COCC(C)n2cnc3c(N)nc4ccccc4c32)cc1. The van der Waals surface area contributed by atoms with Gasteiger partial charge in [-0.05, 0) is 30.7 Å². The van der Waals surface area contributed by atoms with Crippen LogP contribution < -0.4 is 5.73 Å². The number of nitrogen functional groups attached to an aromatic ring is 1. The summed E-state index contributed by atoms with van der Waals surface area (Å²) in [6.07, 6.45) is 1.79. The quantitative estimate of drug-likeness (QED) is 0.504. The number of carbonyl (C=O) groups excluding carboxylic acids is 1. The summed E-state index contributed by atoms with van der Waals surface area (Å²) in [5, 5.41) is 1.01. The standard InChI is InChI=1S/C22H22N4O3/c1-14(11-29-12-15-7-9-16(10-8-15)22(27)28-2)26-13-24-19-20(26)17-5-3-4-6-18(17)25-21(19)23/h3-10,13-14H,11-12H2,1-2H3,(H2,23,25). The summed E-state index contributed by atoms with van der Waals surface area (Å²) in [6, 6.07) is 15.2. The smallest absolute Gasteiger partial charge is 0.337 e. The summed E-state index contributed by atoms with van der Waals surface area (Å²) in [7, 11) is 1.37. The summed E-state index contributed by atoms with van der Waals surface area (Å²) in [6.45, 7) is 3.02. The predicted octanol–water partition coefficient (Wildman–Crippen LogP) is 3.73. The molecular weight excluding hydrogens is 368 g/mol. The van der Waals surface area contributed by atoms with Crippen molar-refractivity contribution in [3.05, 3.63) is 66.0 Å². The van der Waals surface area contributed by atoms with Gasteiger partial charge in [0.25, 0.3) is 0 Å². The van der Waals surface area contributed by atoms with E-state index < -0.39 is 0 Å². The van der Waals surface area contributed by atoms with E-state index in [4.69, 9.17) is 15.2 Å². The normalized spacial score (nSPS) is 12.3. The highest BCUT2D eigenvalue weighted by Crippen LogP contribution is 2.29. The van der Waals surface area contributed by atoms with E-state index in [-0.39, 0.29) is 12.0 Å². The summed E-state index contributed by atoms with van der Waals surface area (Å²) in [5.74, 6) is 0.0790. The van der Waals surface area contributed by atoms with Crippen LogP contribution in [0.1, 0.15) is 28.9 Å². The van der Waals surface area contributed by atoms with Crippen LogP contribution in [0.2, 0.25) is 0 Å². The average Bonchev–Trinajstić information content (AvgIpc) is 3.20. The minimum Gasteiger partial charge on any atom is -0.465 e. The molecule has 29 heavy (non-hydrogen) atoms. The molecule has 2 aromatic carbocycles. The highest BCUT2D eigenvalue weighted by atomic mass is 16.5. The van der Waals surface area contributed by atoms with Crippen molar-refractivity contribution < 1.29 is 14.3 Å². The van der Waals surface area contributed by atoms with Crippen molar-refractivity contribution >= 4 is 33.7 Å². The van der Waals surface area contributed by atoms with Gasteiger partial charge in [-0.25, -0.2) is 14.8 Å². The van der Waals surface area contributed by atoms with Crippen molar-refractivity contribution in [1.29, 1.82) is 0 Å². The number of para-hydroxylation sites is 1. The molecule has 0 aliphatic heterocycles. The first kappa shape index (κ1) is 18.9. The van der Waals surface area contributed by atoms with Crippen molar-refractivity contribution in [3.63, 3.8) is 0 Å². The minimum absolute atomic E-state index is 0.0551. The van der Waals surface area contributed by atoms with Crippen LogP contribution in [0.25, 0.3) is 21.9 Å². The number of anilines is 1. The number of nitrogens with two attached hydrogens (primary N) is 1. The fraction of sp³-hybridized carbons (Fsp3) is 0.227. The summed E-state index contributed by atoms with van der Waals surface area (Å²) in [5.41, 5.74) is 10.1. The van der Waals surface area contributed by atoms with E-state index >= 15 is 0 Å². The Balaban J connectivity index is 1.50. The average molecular weight is 390 g/mol. The number of aromatic nitrogens is 3. The van der Waals surface area contributed by atoms with Crippen LogP contribution in [0.5, 0.6) is 0 Å². The Labute approximate surface area is 168 Å². The predicted molar refractivity (Wildman–Crippen MR) is 112 cm³/mol. The largest absolute Gasteiger partial charge is 0.465 e. The van der Waals surface area contributed by atoms with Crippen LogP contribution in [0.15, 0.2) is 54.9 Å². The molecule has 2 aromatic heterocycles. The highest BCUT2D eigenvalue weighted by Gasteiger charge is 2.15. The fourth-order valence-corrected chi connectivity index (χ4v) is 3.39. The molecule has 148 valence electrons. The number of fused-ring (bicyclic) bond motifs is 3. The van der Waals surface area contributed by atoms with Gasteiger partial charge in [-0.15, -0.1) is 0 Å². The van der Waals surface area contributed by atoms with E-state index in [1.807, 2.05) is 36.4 Å². The first-order chi connectivity index (χ1) is 14.1. The molecule has 4 rings (SSSR count). The summed E-state index contributed by atoms with van der Waals surface area (Å²) >= 11 is 0. The lowest BCUT2D eigenvalue weighted by Crippen LogP contribution is -2.12. The molecule has 1 unspecified atom stereocenters. The topological polar surface area (TPSA) is 92.3 Å². The number of imidazole rings is 1. The molecule has 0 fully saturated rings. The van der Waals surface area contributed by atoms with Gasteiger partial charge in [0, 0.05) is 5.39 Å². The van der Waals surface area contributed by atoms with E-state index in [0.717, 1.165) is 22.0 Å². The third kappa shape index (κ3) is 3.64. The highest BCUT2D eigenvalue weighted by molar-refractivity contribution is 6.06. The Morgan fingerprint density at radius 1 is 1.17 bits per heavy atom. The monoisotopic (exact) mass is 390 g/mol. The maximum Gasteiger partial charge on any atom is 0.337 e. The molecule has 7 nitrogen and oxygen atoms in total. The van der Waals surface area contributed by atoms with Gasteiger partial charge >= 0.3 is 5.97 Å². The third-order valence-corrected chi connectivity index (χ3v) is 4.91. The Morgan fingerprint density at radius 3 is 2.69 bits per heavy atom. The molecule has 2 heterocycles. The van der Waals surface area contributed by atoms with Crippen molar-refractivity contribution in [3.8, 4) is 0 Å². The second-order valence-corrected chi connectivity index (χ2v) is 6.92. The molecule has 0 amide bonds. The maximum absolute atomic E-state index is 11.5. The molecule has 0 saturated carbocycles. The lowest BCUT2D eigenvalue weighted by Gasteiger charge is -2.16. The first-order valence-corrected chi connectivity index (χ1v) is 9.34. The molecule has 1 atom stereocenters. The third-order valence-electron chi connectivity index (χ3n) is 4.91. The van der Waals surface area contributed by atoms with Crippen LogP contribution in [-0.2, 0) is 16.1 Å². The van der Waals surface area contributed by atoms with Crippen LogP contribution in [0.3, 0.4) is 0 Å². The molecule has 0 aliphatic carbocycles. The zero-order valence-corrected chi connectivity index (χ0v) is 16.3. The zero-order chi connectivity index (χ0) is 20.4. The van der Waals surface area contributed by atoms with E-state index in [0.29, 0.717) is 30.1 Å². The molecule has 2 N–H and O–H groups in total. The van der Waals surface area contributed by atoms with Gasteiger partial charge in [0.15, 0.2) is 5.82 Å². The molecule has 0 aliphatic rings. The molecular formula is C22H22N4O3. The van der Waals surface area contributed by atoms with E-state index in [1.54, 1.807) is 18.5 Å². The Bertz CT molecular complexity index is 1170. The lowest BCUT2D eigenvalue weighted by molar-refractivity contribution is 0.0600. The minimum atomic E-state index is -0.348. The number of pyridine rings is 1. The molecule has 0 spiro atoms. The lowest BCUT2D eigenvalue weighted by atomic mass is 10.1. The van der Waals surface area contributed by atoms with Crippen LogP contribution in [0.4, 0.5) is 5.82 Å². The van der Waals surface area contributed by atoms with E-state index in [9.17, 15) is 4.79 Å². The molecule has 0 saturated heterocycles. The van der Waals surface area contributed by atoms with Crippen molar-refractivity contribution in [2.45, 2.75) is 19.6 Å². The number of hydrogen-bond acceptors (Lipinski definition) is 6. The van der Waals surface area contributed by atoms with Gasteiger partial charge in [0.2, 0.25) is 0 Å². The van der Waals surface area contributed by atoms with Gasteiger partial charge in [-0.3, -0.25) is 0 Å². The Kier molecular flexibility index (Phi) is 5.14. The number of carbonyl (C=O) groups is 1. The van der Waals surface area contributed by atoms with E-state index in [1.165, 1.54) is 7.11 Å². The Morgan fingerprint density at radius 2 is 1.93 bits per heavy atom. The maximum atomic E-state index is 11.5. The molecule has 0 bridgehead atoms. The fourth-order valence-electron chi connectivity index (χ4n) is 3.39. The number of rotatable bonds is 6. The van der Waals surface area contributed by atoms with Gasteiger partial charge in [-0.2, -0.15) is 0 Å². The van der Waals surface area contributed by atoms with Crippen LogP contribution >= 0.6 is 0 Å². The summed E-state index contributed by atoms with van der Waals surface area (Å²) < 4.78 is 12.7. The molecule has 7 heteroatoms. The van der Waals surface area contributed by atoms with Gasteiger partial charge in [-0.1, -0.05) is 30.3 Å². The first-order valence-electron chi connectivity index (χ1n) is 9.34. The van der Waals surface area contributed by atoms with Crippen molar-refractivity contribution in [2.24, 2.45) is 0 Å². The number of benzene rings is 2. The number of hydrogen-bond donors (Lipinski definition) is 1. The number of nitrogens with zero attached hydrogens (tertiary/aromatic N) is 3. The van der Waals surface area contributed by atoms with Crippen LogP contribution in [-0.4, -0.2) is 34.2 Å². The van der Waals surface area contributed by atoms with Gasteiger partial charge < -0.3 is 19.8 Å². The summed E-state index contributed by atoms with van der Waals surface area (Å²) in [4.78, 5) is 20.4.